The second-order valence-corrected chi connectivity index (χ2v) is 6.98. The number of ether oxygens (including phenoxy) is 2. The minimum absolute atomic E-state index is 0.374. The summed E-state index contributed by atoms with van der Waals surface area (Å²) in [5, 5.41) is 0. The Balaban J connectivity index is 3.43. The highest BCUT2D eigenvalue weighted by molar-refractivity contribution is 6.17. The normalized spacial score (nSPS) is 11.0. The number of halogens is 1. The average molecular weight is 389 g/mol. The van der Waals surface area contributed by atoms with Gasteiger partial charge in [-0.05, 0) is 19.3 Å². The molecule has 0 amide bonds. The quantitative estimate of drug-likeness (QED) is 0.126. The Kier molecular flexibility index (Phi) is 19.5. The standard InChI is InChI=1S/C21H37ClO4/c1-2-3-4-5-6-7-8-10-13-18-25-20(23)15-16-21(24)26-19-14-11-9-12-17-22/h15-16H,2-14,17-19H2,1H3/b16-15+. The predicted octanol–water partition coefficient (Wildman–Crippen LogP) is 5.96. The van der Waals surface area contributed by atoms with Gasteiger partial charge in [-0.2, -0.15) is 0 Å². The number of hydrogen-bond acceptors (Lipinski definition) is 4. The number of rotatable bonds is 18. The van der Waals surface area contributed by atoms with Gasteiger partial charge in [-0.1, -0.05) is 71.1 Å². The summed E-state index contributed by atoms with van der Waals surface area (Å²) < 4.78 is 10.1. The van der Waals surface area contributed by atoms with Crippen molar-refractivity contribution in [2.45, 2.75) is 90.4 Å². The predicted molar refractivity (Wildman–Crippen MR) is 107 cm³/mol. The fraction of sp³-hybridized carbons (Fsp3) is 0.810. The summed E-state index contributed by atoms with van der Waals surface area (Å²) in [6, 6.07) is 0. The summed E-state index contributed by atoms with van der Waals surface area (Å²) >= 11 is 5.59. The first-order chi connectivity index (χ1) is 12.7. The zero-order valence-electron chi connectivity index (χ0n) is 16.5. The number of hydrogen-bond donors (Lipinski definition) is 0. The van der Waals surface area contributed by atoms with Crippen molar-refractivity contribution in [1.29, 1.82) is 0 Å². The van der Waals surface area contributed by atoms with Gasteiger partial charge < -0.3 is 9.47 Å². The topological polar surface area (TPSA) is 52.6 Å². The Bertz CT molecular complexity index is 369. The molecule has 0 saturated heterocycles. The van der Waals surface area contributed by atoms with Crippen molar-refractivity contribution in [1.82, 2.24) is 0 Å². The summed E-state index contributed by atoms with van der Waals surface area (Å²) in [4.78, 5) is 22.9. The number of carbonyl (C=O) groups excluding carboxylic acids is 2. The molecule has 0 aromatic heterocycles. The van der Waals surface area contributed by atoms with Crippen molar-refractivity contribution < 1.29 is 19.1 Å². The Morgan fingerprint density at radius 2 is 1.04 bits per heavy atom. The molecule has 5 heteroatoms. The van der Waals surface area contributed by atoms with E-state index in [2.05, 4.69) is 6.92 Å². The van der Waals surface area contributed by atoms with Crippen LogP contribution in [0.25, 0.3) is 0 Å². The molecule has 0 saturated carbocycles. The maximum atomic E-state index is 11.5. The van der Waals surface area contributed by atoms with E-state index in [-0.39, 0.29) is 0 Å². The summed E-state index contributed by atoms with van der Waals surface area (Å²) in [5.74, 6) is -0.310. The number of unbranched alkanes of at least 4 members (excludes halogenated alkanes) is 11. The van der Waals surface area contributed by atoms with Crippen LogP contribution in [0, 0.1) is 0 Å². The minimum atomic E-state index is -0.498. The molecule has 0 rings (SSSR count). The zero-order valence-corrected chi connectivity index (χ0v) is 17.2. The molecule has 152 valence electrons. The summed E-state index contributed by atoms with van der Waals surface area (Å²) in [5.41, 5.74) is 0. The van der Waals surface area contributed by atoms with Crippen molar-refractivity contribution in [2.75, 3.05) is 19.1 Å². The van der Waals surface area contributed by atoms with Crippen LogP contribution in [0.15, 0.2) is 12.2 Å². The van der Waals surface area contributed by atoms with Crippen LogP contribution in [0.3, 0.4) is 0 Å². The third-order valence-electron chi connectivity index (χ3n) is 4.12. The van der Waals surface area contributed by atoms with Crippen molar-refractivity contribution in [3.63, 3.8) is 0 Å². The average Bonchev–Trinajstić information content (AvgIpc) is 2.64. The van der Waals surface area contributed by atoms with Crippen LogP contribution in [-0.2, 0) is 19.1 Å². The lowest BCUT2D eigenvalue weighted by Crippen LogP contribution is -2.06. The van der Waals surface area contributed by atoms with Gasteiger partial charge in [0.15, 0.2) is 0 Å². The van der Waals surface area contributed by atoms with Gasteiger partial charge >= 0.3 is 11.9 Å². The molecule has 0 aliphatic carbocycles. The molecule has 4 nitrogen and oxygen atoms in total. The third-order valence-corrected chi connectivity index (χ3v) is 4.39. The van der Waals surface area contributed by atoms with Crippen LogP contribution in [-0.4, -0.2) is 31.0 Å². The van der Waals surface area contributed by atoms with Crippen molar-refractivity contribution in [3.8, 4) is 0 Å². The van der Waals surface area contributed by atoms with E-state index in [1.54, 1.807) is 0 Å². The molecule has 0 bridgehead atoms. The molecule has 0 heterocycles. The highest BCUT2D eigenvalue weighted by atomic mass is 35.5. The van der Waals surface area contributed by atoms with E-state index in [1.165, 1.54) is 44.9 Å². The van der Waals surface area contributed by atoms with Crippen LogP contribution in [0.1, 0.15) is 90.4 Å². The molecule has 0 spiro atoms. The highest BCUT2D eigenvalue weighted by Gasteiger charge is 2.01. The van der Waals surface area contributed by atoms with Crippen molar-refractivity contribution in [2.24, 2.45) is 0 Å². The molecule has 0 N–H and O–H groups in total. The van der Waals surface area contributed by atoms with Gasteiger partial charge in [0, 0.05) is 18.0 Å². The van der Waals surface area contributed by atoms with E-state index in [0.29, 0.717) is 19.1 Å². The SMILES string of the molecule is CCCCCCCCCCCOC(=O)/C=C/C(=O)OCCCCCCCl. The van der Waals surface area contributed by atoms with E-state index >= 15 is 0 Å². The molecule has 0 aromatic rings. The lowest BCUT2D eigenvalue weighted by Gasteiger charge is -2.03. The summed E-state index contributed by atoms with van der Waals surface area (Å²) in [7, 11) is 0. The van der Waals surface area contributed by atoms with Crippen molar-refractivity contribution >= 4 is 23.5 Å². The van der Waals surface area contributed by atoms with Gasteiger partial charge in [0.1, 0.15) is 0 Å². The van der Waals surface area contributed by atoms with Gasteiger partial charge in [-0.15, -0.1) is 11.6 Å². The smallest absolute Gasteiger partial charge is 0.331 e. The molecule has 0 aliphatic rings. The molecule has 0 unspecified atom stereocenters. The first-order valence-corrected chi connectivity index (χ1v) is 10.8. The molecule has 0 atom stereocenters. The Morgan fingerprint density at radius 3 is 1.46 bits per heavy atom. The Morgan fingerprint density at radius 1 is 0.654 bits per heavy atom. The molecule has 0 aliphatic heterocycles. The summed E-state index contributed by atoms with van der Waals surface area (Å²) in [6.07, 6.45) is 17.1. The Labute approximate surface area is 164 Å². The highest BCUT2D eigenvalue weighted by Crippen LogP contribution is 2.09. The van der Waals surface area contributed by atoms with Crippen molar-refractivity contribution in [3.05, 3.63) is 12.2 Å². The maximum Gasteiger partial charge on any atom is 0.331 e. The van der Waals surface area contributed by atoms with Gasteiger partial charge in [0.2, 0.25) is 0 Å². The number of carbonyl (C=O) groups is 2. The van der Waals surface area contributed by atoms with E-state index < -0.39 is 11.9 Å². The van der Waals surface area contributed by atoms with E-state index in [1.807, 2.05) is 0 Å². The first kappa shape index (κ1) is 25.0. The van der Waals surface area contributed by atoms with Gasteiger partial charge in [-0.3, -0.25) is 0 Å². The molecule has 0 fully saturated rings. The number of alkyl halides is 1. The molecule has 26 heavy (non-hydrogen) atoms. The van der Waals surface area contributed by atoms with Crippen LogP contribution in [0.4, 0.5) is 0 Å². The van der Waals surface area contributed by atoms with Crippen LogP contribution < -0.4 is 0 Å². The van der Waals surface area contributed by atoms with Crippen LogP contribution in [0.2, 0.25) is 0 Å². The monoisotopic (exact) mass is 388 g/mol. The molecule has 0 aromatic carbocycles. The number of esters is 2. The second kappa shape index (κ2) is 20.3. The maximum absolute atomic E-state index is 11.5. The van der Waals surface area contributed by atoms with Gasteiger partial charge in [0.25, 0.3) is 0 Å². The van der Waals surface area contributed by atoms with Crippen LogP contribution in [0.5, 0.6) is 0 Å². The molecular weight excluding hydrogens is 352 g/mol. The summed E-state index contributed by atoms with van der Waals surface area (Å²) in [6.45, 7) is 3.01. The van der Waals surface area contributed by atoms with Gasteiger partial charge in [-0.25, -0.2) is 9.59 Å². The van der Waals surface area contributed by atoms with E-state index in [4.69, 9.17) is 21.1 Å². The fourth-order valence-corrected chi connectivity index (χ4v) is 2.73. The van der Waals surface area contributed by atoms with E-state index in [9.17, 15) is 9.59 Å². The first-order valence-electron chi connectivity index (χ1n) is 10.3. The lowest BCUT2D eigenvalue weighted by molar-refractivity contribution is -0.140. The van der Waals surface area contributed by atoms with Gasteiger partial charge in [0.05, 0.1) is 13.2 Å². The second-order valence-electron chi connectivity index (χ2n) is 6.60. The zero-order chi connectivity index (χ0) is 19.3. The van der Waals surface area contributed by atoms with Crippen LogP contribution >= 0.6 is 11.6 Å². The Hall–Kier alpha value is -1.03. The third kappa shape index (κ3) is 19.3. The molecule has 0 radical (unpaired) electrons. The van der Waals surface area contributed by atoms with E-state index in [0.717, 1.165) is 50.7 Å². The lowest BCUT2D eigenvalue weighted by atomic mass is 10.1. The minimum Gasteiger partial charge on any atom is -0.463 e. The largest absolute Gasteiger partial charge is 0.463 e. The molecular formula is C21H37ClO4. The fourth-order valence-electron chi connectivity index (χ4n) is 2.54.